The van der Waals surface area contributed by atoms with Gasteiger partial charge in [-0.15, -0.1) is 0 Å². The number of piperazine rings is 1. The van der Waals surface area contributed by atoms with Gasteiger partial charge in [-0.05, 0) is 12.8 Å². The smallest absolute Gasteiger partial charge is 0.253 e. The Morgan fingerprint density at radius 1 is 1.00 bits per heavy atom. The summed E-state index contributed by atoms with van der Waals surface area (Å²) in [5.74, 6) is 0.869. The fourth-order valence-corrected chi connectivity index (χ4v) is 4.68. The highest BCUT2D eigenvalue weighted by Crippen LogP contribution is 2.25. The normalized spacial score (nSPS) is 25.2. The van der Waals surface area contributed by atoms with Crippen LogP contribution in [0.15, 0.2) is 17.1 Å². The van der Waals surface area contributed by atoms with Crippen molar-refractivity contribution in [3.05, 3.63) is 28.4 Å². The highest BCUT2D eigenvalue weighted by atomic mass is 16.1. The van der Waals surface area contributed by atoms with Gasteiger partial charge in [-0.1, -0.05) is 19.3 Å². The minimum atomic E-state index is 0.0286. The van der Waals surface area contributed by atoms with Gasteiger partial charge >= 0.3 is 0 Å². The van der Waals surface area contributed by atoms with Crippen LogP contribution in [-0.4, -0.2) is 75.6 Å². The van der Waals surface area contributed by atoms with E-state index >= 15 is 0 Å². The Hall–Kier alpha value is -1.24. The van der Waals surface area contributed by atoms with Crippen LogP contribution in [0.3, 0.4) is 0 Å². The summed E-state index contributed by atoms with van der Waals surface area (Å²) in [7, 11) is 1.81. The quantitative estimate of drug-likeness (QED) is 0.812. The summed E-state index contributed by atoms with van der Waals surface area (Å²) in [4.78, 5) is 23.9. The van der Waals surface area contributed by atoms with E-state index in [1.54, 1.807) is 10.8 Å². The fourth-order valence-electron chi connectivity index (χ4n) is 4.68. The van der Waals surface area contributed by atoms with Gasteiger partial charge in [-0.25, -0.2) is 4.98 Å². The van der Waals surface area contributed by atoms with E-state index in [1.807, 2.05) is 7.05 Å². The summed E-state index contributed by atoms with van der Waals surface area (Å²) < 4.78 is 1.66. The first-order valence-electron chi connectivity index (χ1n) is 9.92. The molecule has 25 heavy (non-hydrogen) atoms. The number of nitrogens with zero attached hydrogens (tertiary/aromatic N) is 5. The van der Waals surface area contributed by atoms with Crippen LogP contribution in [0.25, 0.3) is 0 Å². The number of likely N-dealkylation sites (tertiary alicyclic amines) is 1. The summed E-state index contributed by atoms with van der Waals surface area (Å²) in [6.07, 6.45) is 8.76. The third kappa shape index (κ3) is 3.81. The lowest BCUT2D eigenvalue weighted by molar-refractivity contribution is -0.0117. The molecule has 0 aromatic carbocycles. The van der Waals surface area contributed by atoms with Crippen molar-refractivity contribution in [2.45, 2.75) is 50.7 Å². The summed E-state index contributed by atoms with van der Waals surface area (Å²) in [5.41, 5.74) is 0.0286. The molecule has 4 rings (SSSR count). The largest absolute Gasteiger partial charge is 0.299 e. The van der Waals surface area contributed by atoms with Crippen molar-refractivity contribution in [3.63, 3.8) is 0 Å². The van der Waals surface area contributed by atoms with Crippen LogP contribution in [0.4, 0.5) is 0 Å². The van der Waals surface area contributed by atoms with Crippen LogP contribution in [0.5, 0.6) is 0 Å². The first-order valence-corrected chi connectivity index (χ1v) is 9.92. The van der Waals surface area contributed by atoms with Crippen LogP contribution in [-0.2, 0) is 13.6 Å². The van der Waals surface area contributed by atoms with Gasteiger partial charge in [0.15, 0.2) is 0 Å². The summed E-state index contributed by atoms with van der Waals surface area (Å²) in [6.45, 7) is 7.92. The average Bonchev–Trinajstić information content (AvgIpc) is 2.62. The lowest BCUT2D eigenvalue weighted by Gasteiger charge is -2.49. The van der Waals surface area contributed by atoms with E-state index in [0.717, 1.165) is 31.5 Å². The standard InChI is InChI=1S/C19H31N5O/c1-21-18(20-8-7-19(21)25)15-22-13-17(14-22)24-11-9-23(10-12-24)16-5-3-2-4-6-16/h7-8,16-17H,2-6,9-15H2,1H3. The van der Waals surface area contributed by atoms with Crippen LogP contribution in [0.2, 0.25) is 0 Å². The van der Waals surface area contributed by atoms with E-state index in [-0.39, 0.29) is 5.56 Å². The molecule has 0 amide bonds. The van der Waals surface area contributed by atoms with Gasteiger partial charge in [0.05, 0.1) is 6.54 Å². The number of hydrogen-bond acceptors (Lipinski definition) is 5. The Morgan fingerprint density at radius 2 is 1.64 bits per heavy atom. The van der Waals surface area contributed by atoms with Crippen molar-refractivity contribution >= 4 is 0 Å². The van der Waals surface area contributed by atoms with Crippen molar-refractivity contribution in [1.29, 1.82) is 0 Å². The monoisotopic (exact) mass is 345 g/mol. The fraction of sp³-hybridized carbons (Fsp3) is 0.789. The first kappa shape index (κ1) is 17.2. The molecule has 0 bridgehead atoms. The lowest BCUT2D eigenvalue weighted by atomic mass is 9.93. The van der Waals surface area contributed by atoms with Crippen molar-refractivity contribution in [1.82, 2.24) is 24.3 Å². The van der Waals surface area contributed by atoms with Gasteiger partial charge in [-0.2, -0.15) is 0 Å². The second-order valence-electron chi connectivity index (χ2n) is 7.97. The third-order valence-corrected chi connectivity index (χ3v) is 6.42. The second-order valence-corrected chi connectivity index (χ2v) is 7.97. The highest BCUT2D eigenvalue weighted by molar-refractivity contribution is 4.97. The molecular weight excluding hydrogens is 314 g/mol. The van der Waals surface area contributed by atoms with Gasteiger partial charge in [0.1, 0.15) is 5.82 Å². The Balaban J connectivity index is 1.22. The van der Waals surface area contributed by atoms with Gasteiger partial charge in [0, 0.05) is 70.7 Å². The maximum absolute atomic E-state index is 11.7. The molecule has 1 aliphatic carbocycles. The van der Waals surface area contributed by atoms with Crippen molar-refractivity contribution in [3.8, 4) is 0 Å². The van der Waals surface area contributed by atoms with Gasteiger partial charge < -0.3 is 0 Å². The molecule has 0 radical (unpaired) electrons. The van der Waals surface area contributed by atoms with Crippen LogP contribution < -0.4 is 5.56 Å². The topological polar surface area (TPSA) is 44.6 Å². The molecule has 6 heteroatoms. The van der Waals surface area contributed by atoms with Gasteiger partial charge in [0.25, 0.3) is 5.56 Å². The molecular formula is C19H31N5O. The zero-order chi connectivity index (χ0) is 17.2. The summed E-state index contributed by atoms with van der Waals surface area (Å²) in [5, 5.41) is 0. The van der Waals surface area contributed by atoms with E-state index < -0.39 is 0 Å². The zero-order valence-electron chi connectivity index (χ0n) is 15.4. The molecule has 1 aromatic heterocycles. The average molecular weight is 345 g/mol. The predicted molar refractivity (Wildman–Crippen MR) is 98.6 cm³/mol. The second kappa shape index (κ2) is 7.56. The maximum Gasteiger partial charge on any atom is 0.253 e. The highest BCUT2D eigenvalue weighted by Gasteiger charge is 2.35. The molecule has 0 unspecified atom stereocenters. The first-order chi connectivity index (χ1) is 12.2. The van der Waals surface area contributed by atoms with E-state index in [9.17, 15) is 4.79 Å². The van der Waals surface area contributed by atoms with E-state index in [4.69, 9.17) is 0 Å². The molecule has 0 atom stereocenters. The van der Waals surface area contributed by atoms with Crippen LogP contribution in [0, 0.1) is 0 Å². The van der Waals surface area contributed by atoms with Gasteiger partial charge in [0.2, 0.25) is 0 Å². The molecule has 3 aliphatic rings. The molecule has 1 saturated carbocycles. The van der Waals surface area contributed by atoms with E-state index in [0.29, 0.717) is 6.04 Å². The van der Waals surface area contributed by atoms with Crippen LogP contribution >= 0.6 is 0 Å². The van der Waals surface area contributed by atoms with Gasteiger partial charge in [-0.3, -0.25) is 24.1 Å². The Morgan fingerprint density at radius 3 is 2.32 bits per heavy atom. The Kier molecular flexibility index (Phi) is 5.20. The van der Waals surface area contributed by atoms with Crippen molar-refractivity contribution in [2.24, 2.45) is 7.05 Å². The summed E-state index contributed by atoms with van der Waals surface area (Å²) in [6, 6.07) is 3.07. The molecule has 2 aliphatic heterocycles. The maximum atomic E-state index is 11.7. The minimum absolute atomic E-state index is 0.0286. The lowest BCUT2D eigenvalue weighted by Crippen LogP contribution is -2.63. The van der Waals surface area contributed by atoms with E-state index in [1.165, 1.54) is 64.3 Å². The molecule has 3 fully saturated rings. The summed E-state index contributed by atoms with van der Waals surface area (Å²) >= 11 is 0. The SMILES string of the molecule is Cn1c(CN2CC(N3CCN(C4CCCCC4)CC3)C2)nccc1=O. The van der Waals surface area contributed by atoms with Crippen LogP contribution in [0.1, 0.15) is 37.9 Å². The zero-order valence-corrected chi connectivity index (χ0v) is 15.4. The van der Waals surface area contributed by atoms with Crippen molar-refractivity contribution < 1.29 is 0 Å². The molecule has 0 spiro atoms. The van der Waals surface area contributed by atoms with Crippen molar-refractivity contribution in [2.75, 3.05) is 39.3 Å². The number of aromatic nitrogens is 2. The number of rotatable bonds is 4. The molecule has 138 valence electrons. The predicted octanol–water partition coefficient (Wildman–Crippen LogP) is 0.915. The Labute approximate surface area is 150 Å². The molecule has 1 aromatic rings. The minimum Gasteiger partial charge on any atom is -0.299 e. The Bertz CT molecular complexity index is 625. The molecule has 6 nitrogen and oxygen atoms in total. The third-order valence-electron chi connectivity index (χ3n) is 6.42. The van der Waals surface area contributed by atoms with E-state index in [2.05, 4.69) is 19.7 Å². The molecule has 2 saturated heterocycles. The number of hydrogen-bond donors (Lipinski definition) is 0. The molecule has 0 N–H and O–H groups in total. The molecule has 3 heterocycles.